The number of benzene rings is 1. The van der Waals surface area contributed by atoms with Crippen molar-refractivity contribution in [3.8, 4) is 0 Å². The maximum Gasteiger partial charge on any atom is 0.255 e. The topological polar surface area (TPSA) is 80.0 Å². The Kier molecular flexibility index (Phi) is 4.11. The van der Waals surface area contributed by atoms with Crippen LogP contribution in [0.25, 0.3) is 0 Å². The van der Waals surface area contributed by atoms with Crippen LogP contribution in [0.1, 0.15) is 10.4 Å². The zero-order valence-electron chi connectivity index (χ0n) is 9.95. The Morgan fingerprint density at radius 2 is 1.95 bits per heavy atom. The van der Waals surface area contributed by atoms with Crippen LogP contribution in [0.2, 0.25) is 5.15 Å². The van der Waals surface area contributed by atoms with Crippen LogP contribution in [-0.2, 0) is 0 Å². The number of nitrogens with zero attached hydrogens (tertiary/aromatic N) is 1. The van der Waals surface area contributed by atoms with Crippen LogP contribution in [0.4, 0.5) is 20.3 Å². The normalized spacial score (nSPS) is 10.2. The molecule has 1 amide bonds. The van der Waals surface area contributed by atoms with Crippen LogP contribution in [0.15, 0.2) is 30.3 Å². The minimum Gasteiger partial charge on any atom is -0.322 e. The third kappa shape index (κ3) is 3.19. The molecule has 0 radical (unpaired) electrons. The molecule has 5 nitrogen and oxygen atoms in total. The molecule has 2 aromatic rings. The molecule has 0 unspecified atom stereocenters. The largest absolute Gasteiger partial charge is 0.322 e. The van der Waals surface area contributed by atoms with Gasteiger partial charge < -0.3 is 10.7 Å². The first kappa shape index (κ1) is 14.2. The lowest BCUT2D eigenvalue weighted by Crippen LogP contribution is -2.14. The number of hydrogen-bond acceptors (Lipinski definition) is 4. The second-order valence-electron chi connectivity index (χ2n) is 3.79. The SMILES string of the molecule is NNc1cc(C(=O)Nc2ccc(F)c(F)c2)cc(Cl)n1. The summed E-state index contributed by atoms with van der Waals surface area (Å²) in [6.07, 6.45) is 0. The average Bonchev–Trinajstić information content (AvgIpc) is 2.42. The predicted molar refractivity (Wildman–Crippen MR) is 71.4 cm³/mol. The fourth-order valence-corrected chi connectivity index (χ4v) is 1.69. The highest BCUT2D eigenvalue weighted by atomic mass is 35.5. The quantitative estimate of drug-likeness (QED) is 0.462. The highest BCUT2D eigenvalue weighted by Crippen LogP contribution is 2.17. The molecule has 0 saturated carbocycles. The molecule has 0 aliphatic rings. The van der Waals surface area contributed by atoms with Crippen LogP contribution in [-0.4, -0.2) is 10.9 Å². The van der Waals surface area contributed by atoms with Crippen LogP contribution in [0.3, 0.4) is 0 Å². The molecule has 4 N–H and O–H groups in total. The molecule has 2 rings (SSSR count). The summed E-state index contributed by atoms with van der Waals surface area (Å²) in [5.41, 5.74) is 2.54. The van der Waals surface area contributed by atoms with E-state index in [1.165, 1.54) is 18.2 Å². The maximum atomic E-state index is 13.0. The lowest BCUT2D eigenvalue weighted by molar-refractivity contribution is 0.102. The van der Waals surface area contributed by atoms with Crippen molar-refractivity contribution in [2.75, 3.05) is 10.7 Å². The van der Waals surface area contributed by atoms with E-state index < -0.39 is 17.5 Å². The molecule has 1 heterocycles. The summed E-state index contributed by atoms with van der Waals surface area (Å²) in [6, 6.07) is 5.70. The van der Waals surface area contributed by atoms with Crippen molar-refractivity contribution >= 4 is 29.0 Å². The van der Waals surface area contributed by atoms with Crippen molar-refractivity contribution in [3.63, 3.8) is 0 Å². The van der Waals surface area contributed by atoms with Gasteiger partial charge in [-0.15, -0.1) is 0 Å². The minimum absolute atomic E-state index is 0.0656. The summed E-state index contributed by atoms with van der Waals surface area (Å²) in [5.74, 6) is 2.77. The molecular weight excluding hydrogens is 290 g/mol. The monoisotopic (exact) mass is 298 g/mol. The Bertz CT molecular complexity index is 666. The number of hydrogen-bond donors (Lipinski definition) is 3. The number of hydrazine groups is 1. The summed E-state index contributed by atoms with van der Waals surface area (Å²) < 4.78 is 25.8. The lowest BCUT2D eigenvalue weighted by atomic mass is 10.2. The zero-order chi connectivity index (χ0) is 14.7. The number of aromatic nitrogens is 1. The van der Waals surface area contributed by atoms with Gasteiger partial charge in [-0.3, -0.25) is 4.79 Å². The summed E-state index contributed by atoms with van der Waals surface area (Å²) in [4.78, 5) is 15.8. The third-order valence-corrected chi connectivity index (χ3v) is 2.58. The van der Waals surface area contributed by atoms with E-state index in [0.717, 1.165) is 12.1 Å². The van der Waals surface area contributed by atoms with Gasteiger partial charge in [0.05, 0.1) is 0 Å². The molecule has 1 aromatic carbocycles. The number of pyridine rings is 1. The van der Waals surface area contributed by atoms with E-state index in [0.29, 0.717) is 0 Å². The van der Waals surface area contributed by atoms with E-state index in [9.17, 15) is 13.6 Å². The van der Waals surface area contributed by atoms with E-state index in [1.807, 2.05) is 0 Å². The number of carbonyl (C=O) groups excluding carboxylic acids is 1. The summed E-state index contributed by atoms with van der Waals surface area (Å²) >= 11 is 5.73. The van der Waals surface area contributed by atoms with E-state index >= 15 is 0 Å². The van der Waals surface area contributed by atoms with Crippen LogP contribution < -0.4 is 16.6 Å². The summed E-state index contributed by atoms with van der Waals surface area (Å²) in [7, 11) is 0. The molecule has 0 aliphatic heterocycles. The van der Waals surface area contributed by atoms with Crippen molar-refractivity contribution in [1.82, 2.24) is 4.98 Å². The molecule has 0 bridgehead atoms. The van der Waals surface area contributed by atoms with Crippen molar-refractivity contribution in [2.45, 2.75) is 0 Å². The number of rotatable bonds is 3. The van der Waals surface area contributed by atoms with Gasteiger partial charge >= 0.3 is 0 Å². The van der Waals surface area contributed by atoms with Crippen LogP contribution in [0.5, 0.6) is 0 Å². The fraction of sp³-hybridized carbons (Fsp3) is 0. The first-order valence-corrected chi connectivity index (χ1v) is 5.78. The van der Waals surface area contributed by atoms with Gasteiger partial charge in [0.1, 0.15) is 11.0 Å². The predicted octanol–water partition coefficient (Wildman–Crippen LogP) is 2.55. The number of nitrogens with one attached hydrogen (secondary N) is 2. The second-order valence-corrected chi connectivity index (χ2v) is 4.18. The number of halogens is 3. The van der Waals surface area contributed by atoms with E-state index in [1.54, 1.807) is 0 Å². The summed E-state index contributed by atoms with van der Waals surface area (Å²) in [6.45, 7) is 0. The Morgan fingerprint density at radius 1 is 1.20 bits per heavy atom. The minimum atomic E-state index is -1.06. The molecule has 1 aromatic heterocycles. The van der Waals surface area contributed by atoms with Gasteiger partial charge in [0.2, 0.25) is 0 Å². The molecule has 0 fully saturated rings. The van der Waals surface area contributed by atoms with Gasteiger partial charge in [-0.1, -0.05) is 11.6 Å². The Hall–Kier alpha value is -2.25. The number of nitrogens with two attached hydrogens (primary N) is 1. The number of anilines is 2. The van der Waals surface area contributed by atoms with E-state index in [-0.39, 0.29) is 22.2 Å². The Labute approximate surface area is 117 Å². The van der Waals surface area contributed by atoms with Gasteiger partial charge in [-0.25, -0.2) is 19.6 Å². The second kappa shape index (κ2) is 5.81. The third-order valence-electron chi connectivity index (χ3n) is 2.38. The van der Waals surface area contributed by atoms with Crippen LogP contribution in [0, 0.1) is 11.6 Å². The molecule has 20 heavy (non-hydrogen) atoms. The molecule has 0 aliphatic carbocycles. The Morgan fingerprint density at radius 3 is 2.60 bits per heavy atom. The lowest BCUT2D eigenvalue weighted by Gasteiger charge is -2.07. The van der Waals surface area contributed by atoms with Gasteiger partial charge in [-0.2, -0.15) is 0 Å². The highest BCUT2D eigenvalue weighted by Gasteiger charge is 2.11. The standard InChI is InChI=1S/C12H9ClF2N4O/c13-10-3-6(4-11(18-10)19-16)12(20)17-7-1-2-8(14)9(15)5-7/h1-5H,16H2,(H,17,20)(H,18,19). The first-order chi connectivity index (χ1) is 9.49. The van der Waals surface area contributed by atoms with Gasteiger partial charge in [0.25, 0.3) is 5.91 Å². The van der Waals surface area contributed by atoms with E-state index in [4.69, 9.17) is 17.4 Å². The van der Waals surface area contributed by atoms with Crippen molar-refractivity contribution in [1.29, 1.82) is 0 Å². The first-order valence-electron chi connectivity index (χ1n) is 5.40. The molecular formula is C12H9ClF2N4O. The molecule has 8 heteroatoms. The van der Waals surface area contributed by atoms with Gasteiger partial charge in [-0.05, 0) is 24.3 Å². The van der Waals surface area contributed by atoms with Gasteiger partial charge in [0.15, 0.2) is 11.6 Å². The number of carbonyl (C=O) groups is 1. The zero-order valence-corrected chi connectivity index (χ0v) is 10.7. The smallest absolute Gasteiger partial charge is 0.255 e. The highest BCUT2D eigenvalue weighted by molar-refractivity contribution is 6.30. The number of nitrogen functional groups attached to an aromatic ring is 1. The molecule has 0 saturated heterocycles. The molecule has 0 spiro atoms. The maximum absolute atomic E-state index is 13.0. The fourth-order valence-electron chi connectivity index (χ4n) is 1.48. The van der Waals surface area contributed by atoms with E-state index in [2.05, 4.69) is 15.7 Å². The number of amides is 1. The molecule has 0 atom stereocenters. The van der Waals surface area contributed by atoms with Crippen molar-refractivity contribution < 1.29 is 13.6 Å². The van der Waals surface area contributed by atoms with Crippen molar-refractivity contribution in [2.24, 2.45) is 5.84 Å². The van der Waals surface area contributed by atoms with Crippen molar-refractivity contribution in [3.05, 3.63) is 52.7 Å². The van der Waals surface area contributed by atoms with Crippen LogP contribution >= 0.6 is 11.6 Å². The average molecular weight is 299 g/mol. The van der Waals surface area contributed by atoms with Gasteiger partial charge in [0, 0.05) is 17.3 Å². The Balaban J connectivity index is 2.23. The molecule has 104 valence electrons. The summed E-state index contributed by atoms with van der Waals surface area (Å²) in [5, 5.41) is 2.47.